The summed E-state index contributed by atoms with van der Waals surface area (Å²) in [5.41, 5.74) is 5.31. The average Bonchev–Trinajstić information content (AvgIpc) is 3.24. The molecule has 0 saturated heterocycles. The van der Waals surface area contributed by atoms with Crippen molar-refractivity contribution >= 4 is 45.2 Å². The predicted octanol–water partition coefficient (Wildman–Crippen LogP) is 5.48. The number of ether oxygens (including phenoxy) is 1. The lowest BCUT2D eigenvalue weighted by molar-refractivity contribution is 0.225. The standard InChI is InChI=1S/C27H27N7O2/c1-17-12-18(6-11-25(17)36-20-8-10-24-23(14-20)30-16-33(24)4)31-26-21-13-19(34(5)27(35)32(2)3)7-9-22(21)28-15-29-26/h6-16H,1-5H3,(H,28,29,31). The van der Waals surface area contributed by atoms with Crippen LogP contribution in [-0.4, -0.2) is 51.6 Å². The molecule has 5 aromatic rings. The highest BCUT2D eigenvalue weighted by atomic mass is 16.5. The highest BCUT2D eigenvalue weighted by Crippen LogP contribution is 2.32. The number of aryl methyl sites for hydroxylation is 2. The van der Waals surface area contributed by atoms with Gasteiger partial charge in [-0.3, -0.25) is 4.90 Å². The Morgan fingerprint density at radius 1 is 0.944 bits per heavy atom. The lowest BCUT2D eigenvalue weighted by Gasteiger charge is -2.22. The molecule has 0 spiro atoms. The molecule has 2 aromatic heterocycles. The van der Waals surface area contributed by atoms with Gasteiger partial charge in [-0.2, -0.15) is 0 Å². The van der Waals surface area contributed by atoms with Gasteiger partial charge in [-0.25, -0.2) is 19.7 Å². The summed E-state index contributed by atoms with van der Waals surface area (Å²) in [6, 6.07) is 17.3. The van der Waals surface area contributed by atoms with Crippen LogP contribution >= 0.6 is 0 Å². The van der Waals surface area contributed by atoms with Crippen LogP contribution in [0.25, 0.3) is 21.9 Å². The van der Waals surface area contributed by atoms with Crippen molar-refractivity contribution in [3.05, 3.63) is 72.8 Å². The first-order valence-corrected chi connectivity index (χ1v) is 11.5. The van der Waals surface area contributed by atoms with Crippen molar-refractivity contribution in [3.8, 4) is 11.5 Å². The third kappa shape index (κ3) is 4.38. The molecule has 0 aliphatic heterocycles. The van der Waals surface area contributed by atoms with Crippen molar-refractivity contribution < 1.29 is 9.53 Å². The van der Waals surface area contributed by atoms with Gasteiger partial charge < -0.3 is 19.5 Å². The second-order valence-electron chi connectivity index (χ2n) is 8.87. The summed E-state index contributed by atoms with van der Waals surface area (Å²) < 4.78 is 8.12. The van der Waals surface area contributed by atoms with E-state index in [4.69, 9.17) is 4.74 Å². The molecular formula is C27H27N7O2. The number of benzene rings is 3. The summed E-state index contributed by atoms with van der Waals surface area (Å²) in [6.45, 7) is 2.00. The number of nitrogens with zero attached hydrogens (tertiary/aromatic N) is 6. The second-order valence-corrected chi connectivity index (χ2v) is 8.87. The zero-order valence-corrected chi connectivity index (χ0v) is 20.9. The van der Waals surface area contributed by atoms with Gasteiger partial charge >= 0.3 is 6.03 Å². The Kier molecular flexibility index (Phi) is 5.89. The first-order valence-electron chi connectivity index (χ1n) is 11.5. The topological polar surface area (TPSA) is 88.4 Å². The third-order valence-electron chi connectivity index (χ3n) is 6.04. The maximum atomic E-state index is 12.4. The Morgan fingerprint density at radius 2 is 1.78 bits per heavy atom. The summed E-state index contributed by atoms with van der Waals surface area (Å²) in [7, 11) is 7.16. The minimum absolute atomic E-state index is 0.117. The molecular weight excluding hydrogens is 454 g/mol. The van der Waals surface area contributed by atoms with E-state index in [1.165, 1.54) is 11.2 Å². The van der Waals surface area contributed by atoms with Crippen LogP contribution in [0, 0.1) is 6.92 Å². The van der Waals surface area contributed by atoms with Gasteiger partial charge in [0.15, 0.2) is 0 Å². The minimum Gasteiger partial charge on any atom is -0.457 e. The fraction of sp³-hybridized carbons (Fsp3) is 0.185. The summed E-state index contributed by atoms with van der Waals surface area (Å²) in [5, 5.41) is 4.21. The Balaban J connectivity index is 1.40. The molecule has 0 aliphatic rings. The molecule has 0 unspecified atom stereocenters. The van der Waals surface area contributed by atoms with E-state index in [-0.39, 0.29) is 6.03 Å². The molecule has 0 bridgehead atoms. The maximum Gasteiger partial charge on any atom is 0.323 e. The van der Waals surface area contributed by atoms with Crippen LogP contribution in [0.15, 0.2) is 67.3 Å². The van der Waals surface area contributed by atoms with Crippen LogP contribution in [0.1, 0.15) is 5.56 Å². The molecule has 2 amide bonds. The molecule has 0 saturated carbocycles. The van der Waals surface area contributed by atoms with Crippen LogP contribution in [-0.2, 0) is 7.05 Å². The first-order chi connectivity index (χ1) is 17.3. The number of fused-ring (bicyclic) bond motifs is 2. The molecule has 0 fully saturated rings. The zero-order valence-electron chi connectivity index (χ0n) is 20.9. The highest BCUT2D eigenvalue weighted by molar-refractivity contribution is 5.97. The Labute approximate surface area is 209 Å². The molecule has 9 nitrogen and oxygen atoms in total. The maximum absolute atomic E-state index is 12.4. The molecule has 5 rings (SSSR count). The van der Waals surface area contributed by atoms with Crippen molar-refractivity contribution in [2.45, 2.75) is 6.92 Å². The van der Waals surface area contributed by atoms with Crippen LogP contribution in [0.2, 0.25) is 0 Å². The number of anilines is 3. The van der Waals surface area contributed by atoms with Gasteiger partial charge in [0, 0.05) is 51.0 Å². The average molecular weight is 482 g/mol. The van der Waals surface area contributed by atoms with E-state index in [9.17, 15) is 4.79 Å². The van der Waals surface area contributed by atoms with Crippen molar-refractivity contribution in [1.29, 1.82) is 0 Å². The fourth-order valence-electron chi connectivity index (χ4n) is 4.05. The van der Waals surface area contributed by atoms with Crippen LogP contribution < -0.4 is 15.0 Å². The van der Waals surface area contributed by atoms with Crippen molar-refractivity contribution in [3.63, 3.8) is 0 Å². The van der Waals surface area contributed by atoms with Gasteiger partial charge in [-0.05, 0) is 61.0 Å². The Bertz CT molecular complexity index is 1590. The number of carbonyl (C=O) groups is 1. The quantitative estimate of drug-likeness (QED) is 0.358. The van der Waals surface area contributed by atoms with E-state index in [0.717, 1.165) is 50.4 Å². The normalized spacial score (nSPS) is 11.0. The SMILES string of the molecule is Cc1cc(Nc2ncnc3ccc(N(C)C(=O)N(C)C)cc23)ccc1Oc1ccc2c(c1)ncn2C. The van der Waals surface area contributed by atoms with Gasteiger partial charge in [0.05, 0.1) is 22.9 Å². The first kappa shape index (κ1) is 23.1. The lowest BCUT2D eigenvalue weighted by atomic mass is 10.1. The highest BCUT2D eigenvalue weighted by Gasteiger charge is 2.15. The molecule has 0 radical (unpaired) electrons. The van der Waals surface area contributed by atoms with Gasteiger partial charge in [0.2, 0.25) is 0 Å². The number of carbonyl (C=O) groups excluding carboxylic acids is 1. The van der Waals surface area contributed by atoms with Gasteiger partial charge in [-0.15, -0.1) is 0 Å². The van der Waals surface area contributed by atoms with Crippen LogP contribution in [0.5, 0.6) is 11.5 Å². The molecule has 0 atom stereocenters. The number of nitrogens with one attached hydrogen (secondary N) is 1. The second kappa shape index (κ2) is 9.18. The number of urea groups is 1. The minimum atomic E-state index is -0.117. The number of aromatic nitrogens is 4. The lowest BCUT2D eigenvalue weighted by Crippen LogP contribution is -2.36. The van der Waals surface area contributed by atoms with Crippen molar-refractivity contribution in [2.24, 2.45) is 7.05 Å². The summed E-state index contributed by atoms with van der Waals surface area (Å²) in [4.78, 5) is 28.8. The molecule has 3 aromatic carbocycles. The largest absolute Gasteiger partial charge is 0.457 e. The van der Waals surface area contributed by atoms with Gasteiger partial charge in [0.1, 0.15) is 23.6 Å². The molecule has 1 N–H and O–H groups in total. The van der Waals surface area contributed by atoms with Gasteiger partial charge in [-0.1, -0.05) is 0 Å². The smallest absolute Gasteiger partial charge is 0.323 e. The number of rotatable bonds is 5. The van der Waals surface area contributed by atoms with E-state index in [0.29, 0.717) is 5.82 Å². The molecule has 2 heterocycles. The summed E-state index contributed by atoms with van der Waals surface area (Å²) in [5.74, 6) is 2.14. The van der Waals surface area contributed by atoms with E-state index in [1.807, 2.05) is 73.1 Å². The fourth-order valence-corrected chi connectivity index (χ4v) is 4.05. The van der Waals surface area contributed by atoms with E-state index < -0.39 is 0 Å². The van der Waals surface area contributed by atoms with Crippen LogP contribution in [0.4, 0.5) is 22.0 Å². The van der Waals surface area contributed by atoms with E-state index >= 15 is 0 Å². The number of amides is 2. The Hall–Kier alpha value is -4.66. The summed E-state index contributed by atoms with van der Waals surface area (Å²) >= 11 is 0. The Morgan fingerprint density at radius 3 is 2.56 bits per heavy atom. The number of imidazole rings is 1. The number of hydrogen-bond acceptors (Lipinski definition) is 6. The predicted molar refractivity (Wildman–Crippen MR) is 142 cm³/mol. The number of hydrogen-bond donors (Lipinski definition) is 1. The van der Waals surface area contributed by atoms with E-state index in [2.05, 4.69) is 20.3 Å². The molecule has 36 heavy (non-hydrogen) atoms. The van der Waals surface area contributed by atoms with Crippen LogP contribution in [0.3, 0.4) is 0 Å². The monoisotopic (exact) mass is 481 g/mol. The zero-order chi connectivity index (χ0) is 25.4. The molecule has 0 aliphatic carbocycles. The third-order valence-corrected chi connectivity index (χ3v) is 6.04. The molecule has 9 heteroatoms. The van der Waals surface area contributed by atoms with E-state index in [1.54, 1.807) is 32.4 Å². The molecule has 182 valence electrons. The van der Waals surface area contributed by atoms with Gasteiger partial charge in [0.25, 0.3) is 0 Å². The van der Waals surface area contributed by atoms with Crippen molar-refractivity contribution in [2.75, 3.05) is 31.4 Å². The summed E-state index contributed by atoms with van der Waals surface area (Å²) in [6.07, 6.45) is 3.31. The van der Waals surface area contributed by atoms with Crippen molar-refractivity contribution in [1.82, 2.24) is 24.4 Å².